The monoisotopic (exact) mass is 363 g/mol. The lowest BCUT2D eigenvalue weighted by Gasteiger charge is -2.22. The molecule has 4 rings (SSSR count). The van der Waals surface area contributed by atoms with Gasteiger partial charge in [-0.15, -0.1) is 10.2 Å². The fourth-order valence-electron chi connectivity index (χ4n) is 3.36. The number of carbonyl (C=O) groups is 1. The second-order valence-corrected chi connectivity index (χ2v) is 6.71. The summed E-state index contributed by atoms with van der Waals surface area (Å²) in [4.78, 5) is 20.5. The van der Waals surface area contributed by atoms with E-state index in [9.17, 15) is 4.79 Å². The van der Waals surface area contributed by atoms with Crippen LogP contribution in [0.15, 0.2) is 36.5 Å². The molecule has 1 amide bonds. The van der Waals surface area contributed by atoms with Crippen LogP contribution >= 0.6 is 0 Å². The molecule has 1 aliphatic carbocycles. The van der Waals surface area contributed by atoms with Crippen molar-refractivity contribution in [1.82, 2.24) is 20.2 Å². The van der Waals surface area contributed by atoms with E-state index >= 15 is 0 Å². The summed E-state index contributed by atoms with van der Waals surface area (Å²) in [5.41, 5.74) is 7.10. The molecule has 4 N–H and O–H groups in total. The normalized spacial score (nSPS) is 14.8. The first-order chi connectivity index (χ1) is 13.2. The van der Waals surface area contributed by atoms with Crippen LogP contribution in [0.25, 0.3) is 10.9 Å². The van der Waals surface area contributed by atoms with E-state index in [1.807, 2.05) is 30.3 Å². The van der Waals surface area contributed by atoms with Gasteiger partial charge in [-0.1, -0.05) is 25.3 Å². The number of amides is 1. The Hall–Kier alpha value is -3.29. The number of rotatable bonds is 5. The van der Waals surface area contributed by atoms with E-state index in [-0.39, 0.29) is 5.69 Å². The van der Waals surface area contributed by atoms with Crippen molar-refractivity contribution in [2.45, 2.75) is 38.1 Å². The molecule has 0 spiro atoms. The van der Waals surface area contributed by atoms with Crippen molar-refractivity contribution >= 4 is 34.3 Å². The summed E-state index contributed by atoms with van der Waals surface area (Å²) in [7, 11) is 0. The molecule has 3 aromatic rings. The van der Waals surface area contributed by atoms with Crippen molar-refractivity contribution < 1.29 is 4.79 Å². The van der Waals surface area contributed by atoms with Crippen molar-refractivity contribution in [3.8, 4) is 0 Å². The number of hydrogen-bond acceptors (Lipinski definition) is 7. The number of hydrogen-bond donors (Lipinski definition) is 3. The summed E-state index contributed by atoms with van der Waals surface area (Å²) in [6, 6.07) is 9.88. The van der Waals surface area contributed by atoms with Gasteiger partial charge in [0.25, 0.3) is 5.91 Å². The summed E-state index contributed by atoms with van der Waals surface area (Å²) >= 11 is 0. The fourth-order valence-corrected chi connectivity index (χ4v) is 3.36. The summed E-state index contributed by atoms with van der Waals surface area (Å²) in [5, 5.41) is 15.4. The van der Waals surface area contributed by atoms with Crippen LogP contribution in [0.3, 0.4) is 0 Å². The molecule has 0 saturated heterocycles. The van der Waals surface area contributed by atoms with Crippen molar-refractivity contribution in [3.63, 3.8) is 0 Å². The second kappa shape index (κ2) is 7.53. The van der Waals surface area contributed by atoms with E-state index in [2.05, 4.69) is 30.8 Å². The predicted molar refractivity (Wildman–Crippen MR) is 104 cm³/mol. The van der Waals surface area contributed by atoms with Gasteiger partial charge in [-0.2, -0.15) is 4.98 Å². The van der Waals surface area contributed by atoms with Crippen LogP contribution in [-0.4, -0.2) is 32.1 Å². The van der Waals surface area contributed by atoms with Crippen LogP contribution in [0.5, 0.6) is 0 Å². The average Bonchev–Trinajstić information content (AvgIpc) is 2.69. The van der Waals surface area contributed by atoms with Crippen LogP contribution in [0.1, 0.15) is 42.6 Å². The molecule has 0 atom stereocenters. The van der Waals surface area contributed by atoms with Crippen molar-refractivity contribution in [2.24, 2.45) is 5.73 Å². The van der Waals surface area contributed by atoms with Gasteiger partial charge in [0.15, 0.2) is 11.5 Å². The number of anilines is 3. The Bertz CT molecular complexity index is 969. The highest BCUT2D eigenvalue weighted by atomic mass is 16.1. The number of aromatic nitrogens is 4. The summed E-state index contributed by atoms with van der Waals surface area (Å²) in [6.45, 7) is 0. The lowest BCUT2D eigenvalue weighted by Crippen LogP contribution is -2.25. The zero-order valence-corrected chi connectivity index (χ0v) is 14.9. The van der Waals surface area contributed by atoms with Crippen molar-refractivity contribution in [3.05, 3.63) is 42.2 Å². The largest absolute Gasteiger partial charge is 0.364 e. The van der Waals surface area contributed by atoms with Gasteiger partial charge < -0.3 is 16.4 Å². The molecular weight excluding hydrogens is 342 g/mol. The zero-order valence-electron chi connectivity index (χ0n) is 14.9. The van der Waals surface area contributed by atoms with E-state index in [1.165, 1.54) is 19.3 Å². The van der Waals surface area contributed by atoms with Crippen LogP contribution in [-0.2, 0) is 0 Å². The Kier molecular flexibility index (Phi) is 4.78. The standard InChI is InChI=1S/C19H21N7O/c20-17(27)16-18(22-14-8-9-15-12(11-14)5-4-10-21-15)24-19(26-25-16)23-13-6-2-1-3-7-13/h4-5,8-11,13H,1-3,6-7H2,(H2,20,27)(H2,22,23,24,26). The first-order valence-electron chi connectivity index (χ1n) is 9.12. The highest BCUT2D eigenvalue weighted by Crippen LogP contribution is 2.24. The van der Waals surface area contributed by atoms with E-state index in [0.29, 0.717) is 17.8 Å². The van der Waals surface area contributed by atoms with Gasteiger partial charge in [-0.25, -0.2) is 0 Å². The third kappa shape index (κ3) is 3.94. The van der Waals surface area contributed by atoms with E-state index < -0.39 is 5.91 Å². The molecule has 0 radical (unpaired) electrons. The molecule has 0 aliphatic heterocycles. The van der Waals surface area contributed by atoms with Gasteiger partial charge in [-0.3, -0.25) is 9.78 Å². The number of carbonyl (C=O) groups excluding carboxylic acids is 1. The number of nitrogens with one attached hydrogen (secondary N) is 2. The molecular formula is C19H21N7O. The molecule has 1 aliphatic rings. The smallest absolute Gasteiger partial charge is 0.273 e. The van der Waals surface area contributed by atoms with E-state index in [4.69, 9.17) is 5.73 Å². The van der Waals surface area contributed by atoms with Gasteiger partial charge in [0.2, 0.25) is 5.95 Å². The lowest BCUT2D eigenvalue weighted by molar-refractivity contribution is 0.0995. The lowest BCUT2D eigenvalue weighted by atomic mass is 9.96. The molecule has 1 fully saturated rings. The van der Waals surface area contributed by atoms with Gasteiger partial charge >= 0.3 is 0 Å². The SMILES string of the molecule is NC(=O)c1nnc(NC2CCCCC2)nc1Nc1ccc2ncccc2c1. The number of nitrogens with two attached hydrogens (primary N) is 1. The Balaban J connectivity index is 1.61. The molecule has 8 heteroatoms. The number of benzene rings is 1. The molecule has 27 heavy (non-hydrogen) atoms. The van der Waals surface area contributed by atoms with Gasteiger partial charge in [0.1, 0.15) is 0 Å². The van der Waals surface area contributed by atoms with E-state index in [1.54, 1.807) is 6.20 Å². The molecule has 1 aromatic carbocycles. The molecule has 2 heterocycles. The molecule has 2 aromatic heterocycles. The summed E-state index contributed by atoms with van der Waals surface area (Å²) < 4.78 is 0. The van der Waals surface area contributed by atoms with Crippen LogP contribution < -0.4 is 16.4 Å². The Labute approximate surface area is 156 Å². The minimum Gasteiger partial charge on any atom is -0.364 e. The van der Waals surface area contributed by atoms with Crippen LogP contribution in [0, 0.1) is 0 Å². The number of nitrogens with zero attached hydrogens (tertiary/aromatic N) is 4. The quantitative estimate of drug-likeness (QED) is 0.637. The molecule has 138 valence electrons. The second-order valence-electron chi connectivity index (χ2n) is 6.71. The third-order valence-electron chi connectivity index (χ3n) is 4.72. The highest BCUT2D eigenvalue weighted by Gasteiger charge is 2.18. The van der Waals surface area contributed by atoms with Gasteiger partial charge in [0, 0.05) is 23.3 Å². The van der Waals surface area contributed by atoms with Crippen LogP contribution in [0.4, 0.5) is 17.5 Å². The Morgan fingerprint density at radius 3 is 2.78 bits per heavy atom. The van der Waals surface area contributed by atoms with Gasteiger partial charge in [0.05, 0.1) is 5.52 Å². The predicted octanol–water partition coefficient (Wildman–Crippen LogP) is 3.01. The Morgan fingerprint density at radius 1 is 1.11 bits per heavy atom. The maximum Gasteiger partial charge on any atom is 0.273 e. The minimum absolute atomic E-state index is 0.00970. The summed E-state index contributed by atoms with van der Waals surface area (Å²) in [6.07, 6.45) is 7.57. The molecule has 8 nitrogen and oxygen atoms in total. The highest BCUT2D eigenvalue weighted by molar-refractivity contribution is 5.96. The first-order valence-corrected chi connectivity index (χ1v) is 9.12. The summed E-state index contributed by atoms with van der Waals surface area (Å²) in [5.74, 6) is 0.0140. The molecule has 0 bridgehead atoms. The van der Waals surface area contributed by atoms with Crippen molar-refractivity contribution in [2.75, 3.05) is 10.6 Å². The average molecular weight is 363 g/mol. The topological polar surface area (TPSA) is 119 Å². The number of primary amides is 1. The maximum absolute atomic E-state index is 11.7. The first kappa shape index (κ1) is 17.1. The van der Waals surface area contributed by atoms with Crippen molar-refractivity contribution in [1.29, 1.82) is 0 Å². The number of fused-ring (bicyclic) bond motifs is 1. The fraction of sp³-hybridized carbons (Fsp3) is 0.316. The third-order valence-corrected chi connectivity index (χ3v) is 4.72. The maximum atomic E-state index is 11.7. The van der Waals surface area contributed by atoms with Gasteiger partial charge in [-0.05, 0) is 37.1 Å². The van der Waals surface area contributed by atoms with E-state index in [0.717, 1.165) is 29.4 Å². The Morgan fingerprint density at radius 2 is 1.96 bits per heavy atom. The molecule has 0 unspecified atom stereocenters. The van der Waals surface area contributed by atoms with Crippen LogP contribution in [0.2, 0.25) is 0 Å². The minimum atomic E-state index is -0.677. The zero-order chi connectivity index (χ0) is 18.6. The molecule has 1 saturated carbocycles. The number of pyridine rings is 1.